The van der Waals surface area contributed by atoms with Gasteiger partial charge >= 0.3 is 0 Å². The van der Waals surface area contributed by atoms with Gasteiger partial charge in [0.05, 0.1) is 24.8 Å². The fourth-order valence-electron chi connectivity index (χ4n) is 5.62. The number of nitrogens with two attached hydrogens (primary N) is 1. The van der Waals surface area contributed by atoms with Crippen molar-refractivity contribution in [3.63, 3.8) is 0 Å². The molecule has 1 saturated carbocycles. The first-order valence-electron chi connectivity index (χ1n) is 13.5. The van der Waals surface area contributed by atoms with Crippen LogP contribution in [0, 0.1) is 5.92 Å². The molecular formula is C29H41N7O3. The molecule has 1 atom stereocenters. The Balaban J connectivity index is 1.59. The molecule has 1 aliphatic carbocycles. The highest BCUT2D eigenvalue weighted by molar-refractivity contribution is 6.04. The number of rotatable bonds is 9. The Morgan fingerprint density at radius 1 is 1.23 bits per heavy atom. The number of likely N-dealkylation sites (tertiary alicyclic amines) is 1. The first-order valence-corrected chi connectivity index (χ1v) is 13.5. The Bertz CT molecular complexity index is 1170. The molecule has 2 heterocycles. The van der Waals surface area contributed by atoms with Crippen molar-refractivity contribution in [2.24, 2.45) is 16.6 Å². The molecular weight excluding hydrogens is 494 g/mol. The van der Waals surface area contributed by atoms with Gasteiger partial charge in [0.1, 0.15) is 17.3 Å². The predicted molar refractivity (Wildman–Crippen MR) is 154 cm³/mol. The maximum Gasteiger partial charge on any atom is 0.251 e. The molecule has 1 aromatic carbocycles. The molecule has 10 nitrogen and oxygen atoms in total. The second-order valence-electron chi connectivity index (χ2n) is 10.6. The van der Waals surface area contributed by atoms with E-state index in [1.807, 2.05) is 7.05 Å². The SMILES string of the molecule is C=CC[C@H]1CN(C2CCCC2)C(=N/C(=C)Nc2ccc(C(=O)NC3CN(C)C3)cc2OC)/C(=C\N)N(C)C1=O. The van der Waals surface area contributed by atoms with E-state index in [-0.39, 0.29) is 29.8 Å². The Hall–Kier alpha value is -3.79. The van der Waals surface area contributed by atoms with Crippen LogP contribution in [-0.4, -0.2) is 85.3 Å². The highest BCUT2D eigenvalue weighted by atomic mass is 16.5. The summed E-state index contributed by atoms with van der Waals surface area (Å²) in [5.41, 5.74) is 7.76. The van der Waals surface area contributed by atoms with Crippen molar-refractivity contribution in [2.75, 3.05) is 46.2 Å². The van der Waals surface area contributed by atoms with Crippen molar-refractivity contribution in [2.45, 2.75) is 44.2 Å². The molecule has 4 N–H and O–H groups in total. The number of allylic oxidation sites excluding steroid dienone is 1. The van der Waals surface area contributed by atoms with Gasteiger partial charge < -0.3 is 35.8 Å². The summed E-state index contributed by atoms with van der Waals surface area (Å²) in [5, 5.41) is 6.26. The monoisotopic (exact) mass is 535 g/mol. The van der Waals surface area contributed by atoms with Crippen molar-refractivity contribution < 1.29 is 14.3 Å². The van der Waals surface area contributed by atoms with Crippen LogP contribution in [0.3, 0.4) is 0 Å². The van der Waals surface area contributed by atoms with Crippen molar-refractivity contribution in [1.82, 2.24) is 20.0 Å². The number of amides is 2. The molecule has 10 heteroatoms. The maximum absolute atomic E-state index is 13.3. The van der Waals surface area contributed by atoms with E-state index < -0.39 is 0 Å². The molecule has 4 rings (SSSR count). The number of nitrogens with one attached hydrogen (secondary N) is 2. The highest BCUT2D eigenvalue weighted by Gasteiger charge is 2.38. The Labute approximate surface area is 231 Å². The molecule has 0 spiro atoms. The van der Waals surface area contributed by atoms with Gasteiger partial charge in [-0.3, -0.25) is 9.59 Å². The molecule has 2 aliphatic heterocycles. The first kappa shape index (κ1) is 28.2. The van der Waals surface area contributed by atoms with E-state index in [1.165, 1.54) is 6.20 Å². The highest BCUT2D eigenvalue weighted by Crippen LogP contribution is 2.32. The lowest BCUT2D eigenvalue weighted by molar-refractivity contribution is -0.131. The fraction of sp³-hybridized carbons (Fsp3) is 0.483. The second kappa shape index (κ2) is 12.4. The third kappa shape index (κ3) is 6.27. The molecule has 1 aromatic rings. The standard InChI is InChI=1S/C29H41N7O3/c1-6-9-21-16-36(23-10-7-8-11-23)27(25(15-30)35(4)29(21)38)32-19(2)31-24-13-12-20(14-26(24)39-5)28(37)33-22-17-34(3)18-22/h6,12-15,21-23,31H,1-2,7-11,16-18,30H2,3-5H3,(H,33,37)/b25-15+,32-27+/t21-/m0/s1. The van der Waals surface area contributed by atoms with E-state index in [4.69, 9.17) is 15.5 Å². The average molecular weight is 536 g/mol. The molecule has 3 aliphatic rings. The fourth-order valence-corrected chi connectivity index (χ4v) is 5.62. The van der Waals surface area contributed by atoms with Gasteiger partial charge in [0, 0.05) is 44.5 Å². The van der Waals surface area contributed by atoms with E-state index in [2.05, 4.69) is 33.6 Å². The van der Waals surface area contributed by atoms with Crippen LogP contribution in [0.15, 0.2) is 60.1 Å². The quantitative estimate of drug-likeness (QED) is 0.417. The van der Waals surface area contributed by atoms with E-state index >= 15 is 0 Å². The Morgan fingerprint density at radius 3 is 2.56 bits per heavy atom. The third-order valence-electron chi connectivity index (χ3n) is 7.72. The third-order valence-corrected chi connectivity index (χ3v) is 7.72. The van der Waals surface area contributed by atoms with Gasteiger partial charge in [0.25, 0.3) is 5.91 Å². The van der Waals surface area contributed by atoms with Crippen molar-refractivity contribution in [1.29, 1.82) is 0 Å². The van der Waals surface area contributed by atoms with Crippen LogP contribution in [-0.2, 0) is 4.79 Å². The normalized spacial score (nSPS) is 23.1. The largest absolute Gasteiger partial charge is 0.495 e. The minimum absolute atomic E-state index is 0.0116. The van der Waals surface area contributed by atoms with E-state index in [9.17, 15) is 9.59 Å². The zero-order valence-corrected chi connectivity index (χ0v) is 23.3. The molecule has 39 heavy (non-hydrogen) atoms. The lowest BCUT2D eigenvalue weighted by Gasteiger charge is -2.36. The number of hydrogen-bond donors (Lipinski definition) is 3. The second-order valence-corrected chi connectivity index (χ2v) is 10.6. The van der Waals surface area contributed by atoms with Crippen LogP contribution < -0.4 is 21.1 Å². The van der Waals surface area contributed by atoms with Crippen LogP contribution in [0.2, 0.25) is 0 Å². The zero-order valence-electron chi connectivity index (χ0n) is 23.3. The summed E-state index contributed by atoms with van der Waals surface area (Å²) in [6.45, 7) is 10.2. The molecule has 2 amide bonds. The number of carbonyl (C=O) groups is 2. The number of nitrogens with zero attached hydrogens (tertiary/aromatic N) is 4. The number of ether oxygens (including phenoxy) is 1. The van der Waals surface area contributed by atoms with Gasteiger partial charge in [-0.15, -0.1) is 6.58 Å². The summed E-state index contributed by atoms with van der Waals surface area (Å²) in [7, 11) is 5.31. The zero-order chi connectivity index (χ0) is 28.1. The lowest BCUT2D eigenvalue weighted by atomic mass is 10.0. The number of hydrogen-bond acceptors (Lipinski definition) is 7. The lowest BCUT2D eigenvalue weighted by Crippen LogP contribution is -2.57. The van der Waals surface area contributed by atoms with Crippen molar-refractivity contribution >= 4 is 23.3 Å². The van der Waals surface area contributed by atoms with Gasteiger partial charge in [-0.1, -0.05) is 25.5 Å². The number of carbonyl (C=O) groups excluding carboxylic acids is 2. The molecule has 0 radical (unpaired) electrons. The van der Waals surface area contributed by atoms with Crippen LogP contribution in [0.5, 0.6) is 5.75 Å². The van der Waals surface area contributed by atoms with Crippen molar-refractivity contribution in [3.8, 4) is 5.75 Å². The van der Waals surface area contributed by atoms with Crippen molar-refractivity contribution in [3.05, 3.63) is 60.7 Å². The van der Waals surface area contributed by atoms with Crippen LogP contribution in [0.4, 0.5) is 5.69 Å². The van der Waals surface area contributed by atoms with E-state index in [1.54, 1.807) is 43.3 Å². The van der Waals surface area contributed by atoms with E-state index in [0.29, 0.717) is 47.3 Å². The van der Waals surface area contributed by atoms with Gasteiger partial charge in [0.15, 0.2) is 5.84 Å². The van der Waals surface area contributed by atoms with E-state index in [0.717, 1.165) is 38.8 Å². The predicted octanol–water partition coefficient (Wildman–Crippen LogP) is 2.73. The average Bonchev–Trinajstić information content (AvgIpc) is 3.41. The number of aliphatic imine (C=N–C) groups is 1. The maximum atomic E-state index is 13.3. The number of benzene rings is 1. The summed E-state index contributed by atoms with van der Waals surface area (Å²) in [4.78, 5) is 36.8. The molecule has 3 fully saturated rings. The summed E-state index contributed by atoms with van der Waals surface area (Å²) in [6, 6.07) is 5.65. The molecule has 2 saturated heterocycles. The topological polar surface area (TPSA) is 116 Å². The minimum Gasteiger partial charge on any atom is -0.495 e. The van der Waals surface area contributed by atoms with Gasteiger partial charge in [-0.05, 0) is 44.5 Å². The first-order chi connectivity index (χ1) is 18.7. The molecule has 0 bridgehead atoms. The summed E-state index contributed by atoms with van der Waals surface area (Å²) >= 11 is 0. The minimum atomic E-state index is -0.240. The molecule has 0 aromatic heterocycles. The van der Waals surface area contributed by atoms with Gasteiger partial charge in [0.2, 0.25) is 5.91 Å². The number of amidine groups is 1. The van der Waals surface area contributed by atoms with Gasteiger partial charge in [-0.25, -0.2) is 4.99 Å². The van der Waals surface area contributed by atoms with Crippen LogP contribution in [0.1, 0.15) is 42.5 Å². The number of methoxy groups -OCH3 is 1. The Kier molecular flexibility index (Phi) is 8.96. The summed E-state index contributed by atoms with van der Waals surface area (Å²) in [6.07, 6.45) is 8.15. The number of anilines is 1. The number of likely N-dealkylation sites (N-methyl/N-ethyl adjacent to an activating group) is 2. The van der Waals surface area contributed by atoms with Crippen LogP contribution >= 0.6 is 0 Å². The summed E-state index contributed by atoms with van der Waals surface area (Å²) < 4.78 is 5.58. The molecule has 210 valence electrons. The smallest absolute Gasteiger partial charge is 0.251 e. The summed E-state index contributed by atoms with van der Waals surface area (Å²) in [5.74, 6) is 1.09. The van der Waals surface area contributed by atoms with Gasteiger partial charge in [-0.2, -0.15) is 0 Å². The molecule has 0 unspecified atom stereocenters. The Morgan fingerprint density at radius 2 is 1.95 bits per heavy atom. The van der Waals surface area contributed by atoms with Crippen LogP contribution in [0.25, 0.3) is 0 Å².